The summed E-state index contributed by atoms with van der Waals surface area (Å²) in [5.74, 6) is 1.37. The summed E-state index contributed by atoms with van der Waals surface area (Å²) in [6.45, 7) is 8.38. The molecule has 2 unspecified atom stereocenters. The van der Waals surface area contributed by atoms with E-state index in [9.17, 15) is 9.90 Å². The van der Waals surface area contributed by atoms with E-state index < -0.39 is 5.60 Å². The standard InChI is InChI=1S/C21H28O2/c1-19(2)12-16-13(11-18(19)22)5-6-15-14(16)7-9-20(3)17(15)8-10-21(20,4)23/h7,9,11,15,17,23H,5-6,8,10,12H2,1-4H3/t15?,17?,20-,21-/m0/s1. The van der Waals surface area contributed by atoms with E-state index in [1.165, 1.54) is 16.7 Å². The van der Waals surface area contributed by atoms with Gasteiger partial charge >= 0.3 is 0 Å². The summed E-state index contributed by atoms with van der Waals surface area (Å²) in [5, 5.41) is 10.9. The van der Waals surface area contributed by atoms with Gasteiger partial charge in [-0.25, -0.2) is 0 Å². The quantitative estimate of drug-likeness (QED) is 0.722. The number of allylic oxidation sites excluding steroid dienone is 5. The number of carbonyl (C=O) groups excluding carboxylic acids is 1. The second-order valence-electron chi connectivity index (χ2n) is 9.21. The molecule has 0 saturated heterocycles. The van der Waals surface area contributed by atoms with Gasteiger partial charge < -0.3 is 5.11 Å². The SMILES string of the molecule is CC1(C)CC2=C3C=C[C@@]4(C)C(CC[C@]4(C)O)C3CCC2=CC1=O. The fourth-order valence-corrected chi connectivity index (χ4v) is 5.52. The number of hydrogen-bond donors (Lipinski definition) is 1. The average molecular weight is 312 g/mol. The van der Waals surface area contributed by atoms with Gasteiger partial charge in [-0.1, -0.05) is 32.9 Å². The van der Waals surface area contributed by atoms with Crippen molar-refractivity contribution in [2.45, 2.75) is 65.4 Å². The second-order valence-corrected chi connectivity index (χ2v) is 9.21. The molecule has 4 atom stereocenters. The molecule has 2 nitrogen and oxygen atoms in total. The maximum absolute atomic E-state index is 12.3. The maximum Gasteiger partial charge on any atom is 0.161 e. The van der Waals surface area contributed by atoms with E-state index in [1.54, 1.807) is 0 Å². The van der Waals surface area contributed by atoms with Gasteiger partial charge in [0.25, 0.3) is 0 Å². The molecule has 23 heavy (non-hydrogen) atoms. The fraction of sp³-hybridized carbons (Fsp3) is 0.667. The third kappa shape index (κ3) is 1.94. The van der Waals surface area contributed by atoms with Crippen LogP contribution in [0.5, 0.6) is 0 Å². The van der Waals surface area contributed by atoms with Crippen LogP contribution in [0.3, 0.4) is 0 Å². The van der Waals surface area contributed by atoms with E-state index in [0.29, 0.717) is 11.8 Å². The lowest BCUT2D eigenvalue weighted by molar-refractivity contribution is -0.122. The molecular formula is C21H28O2. The summed E-state index contributed by atoms with van der Waals surface area (Å²) < 4.78 is 0. The minimum absolute atomic E-state index is 0.108. The summed E-state index contributed by atoms with van der Waals surface area (Å²) in [4.78, 5) is 12.3. The van der Waals surface area contributed by atoms with Crippen LogP contribution in [-0.2, 0) is 4.79 Å². The van der Waals surface area contributed by atoms with E-state index in [2.05, 4.69) is 32.9 Å². The number of rotatable bonds is 0. The smallest absolute Gasteiger partial charge is 0.161 e. The van der Waals surface area contributed by atoms with Crippen LogP contribution in [0.25, 0.3) is 0 Å². The summed E-state index contributed by atoms with van der Waals surface area (Å²) in [7, 11) is 0. The summed E-state index contributed by atoms with van der Waals surface area (Å²) in [6.07, 6.45) is 11.5. The Morgan fingerprint density at radius 1 is 1.17 bits per heavy atom. The molecule has 124 valence electrons. The third-order valence-corrected chi connectivity index (χ3v) is 7.42. The summed E-state index contributed by atoms with van der Waals surface area (Å²) in [5.41, 5.74) is 3.19. The Morgan fingerprint density at radius 3 is 2.65 bits per heavy atom. The Morgan fingerprint density at radius 2 is 1.91 bits per heavy atom. The summed E-state index contributed by atoms with van der Waals surface area (Å²) >= 11 is 0. The van der Waals surface area contributed by atoms with Gasteiger partial charge in [0.15, 0.2) is 5.78 Å². The molecule has 0 aromatic heterocycles. The van der Waals surface area contributed by atoms with E-state index in [-0.39, 0.29) is 16.6 Å². The van der Waals surface area contributed by atoms with Crippen LogP contribution in [-0.4, -0.2) is 16.5 Å². The van der Waals surface area contributed by atoms with Gasteiger partial charge in [0.05, 0.1) is 5.60 Å². The number of carbonyl (C=O) groups is 1. The van der Waals surface area contributed by atoms with Crippen LogP contribution in [0.15, 0.2) is 34.9 Å². The molecule has 4 aliphatic carbocycles. The average Bonchev–Trinajstić information content (AvgIpc) is 2.70. The van der Waals surface area contributed by atoms with Crippen LogP contribution in [0, 0.1) is 22.7 Å². The molecule has 0 heterocycles. The van der Waals surface area contributed by atoms with Gasteiger partial charge in [0.1, 0.15) is 0 Å². The van der Waals surface area contributed by atoms with Gasteiger partial charge in [-0.2, -0.15) is 0 Å². The first-order valence-electron chi connectivity index (χ1n) is 9.06. The van der Waals surface area contributed by atoms with Crippen LogP contribution < -0.4 is 0 Å². The van der Waals surface area contributed by atoms with Crippen molar-refractivity contribution in [3.63, 3.8) is 0 Å². The lowest BCUT2D eigenvalue weighted by Crippen LogP contribution is -2.45. The second kappa shape index (κ2) is 4.47. The van der Waals surface area contributed by atoms with Crippen LogP contribution in [0.4, 0.5) is 0 Å². The van der Waals surface area contributed by atoms with Crippen molar-refractivity contribution in [2.75, 3.05) is 0 Å². The molecule has 1 saturated carbocycles. The monoisotopic (exact) mass is 312 g/mol. The van der Waals surface area contributed by atoms with Crippen molar-refractivity contribution in [2.24, 2.45) is 22.7 Å². The number of fused-ring (bicyclic) bond motifs is 4. The zero-order chi connectivity index (χ0) is 16.6. The van der Waals surface area contributed by atoms with Gasteiger partial charge in [0.2, 0.25) is 0 Å². The van der Waals surface area contributed by atoms with Crippen molar-refractivity contribution < 1.29 is 9.90 Å². The Balaban J connectivity index is 1.84. The molecule has 0 aromatic carbocycles. The Kier molecular flexibility index (Phi) is 2.99. The van der Waals surface area contributed by atoms with E-state index in [1.807, 2.05) is 13.0 Å². The maximum atomic E-state index is 12.3. The lowest BCUT2D eigenvalue weighted by Gasteiger charge is -2.48. The molecule has 0 radical (unpaired) electrons. The highest BCUT2D eigenvalue weighted by atomic mass is 16.3. The van der Waals surface area contributed by atoms with Crippen molar-refractivity contribution >= 4 is 5.78 Å². The van der Waals surface area contributed by atoms with Crippen molar-refractivity contribution in [1.29, 1.82) is 0 Å². The molecule has 0 aromatic rings. The van der Waals surface area contributed by atoms with E-state index in [0.717, 1.165) is 32.1 Å². The molecule has 2 heteroatoms. The van der Waals surface area contributed by atoms with E-state index in [4.69, 9.17) is 0 Å². The number of aliphatic hydroxyl groups is 1. The predicted molar refractivity (Wildman–Crippen MR) is 91.8 cm³/mol. The van der Waals surface area contributed by atoms with Crippen molar-refractivity contribution in [3.8, 4) is 0 Å². The molecule has 4 aliphatic rings. The first-order valence-corrected chi connectivity index (χ1v) is 9.06. The number of ketones is 1. The van der Waals surface area contributed by atoms with E-state index >= 15 is 0 Å². The van der Waals surface area contributed by atoms with Gasteiger partial charge in [-0.3, -0.25) is 4.79 Å². The highest BCUT2D eigenvalue weighted by molar-refractivity contribution is 5.97. The zero-order valence-electron chi connectivity index (χ0n) is 14.8. The molecule has 0 aliphatic heterocycles. The third-order valence-electron chi connectivity index (χ3n) is 7.42. The Hall–Kier alpha value is -1.15. The molecule has 0 bridgehead atoms. The van der Waals surface area contributed by atoms with Crippen LogP contribution >= 0.6 is 0 Å². The highest BCUT2D eigenvalue weighted by Gasteiger charge is 2.57. The van der Waals surface area contributed by atoms with Crippen molar-refractivity contribution in [3.05, 3.63) is 34.9 Å². The van der Waals surface area contributed by atoms with Crippen molar-refractivity contribution in [1.82, 2.24) is 0 Å². The first kappa shape index (κ1) is 15.4. The van der Waals surface area contributed by atoms with Gasteiger partial charge in [-0.15, -0.1) is 0 Å². The molecule has 0 spiro atoms. The highest BCUT2D eigenvalue weighted by Crippen LogP contribution is 2.61. The zero-order valence-corrected chi connectivity index (χ0v) is 14.8. The summed E-state index contributed by atoms with van der Waals surface area (Å²) in [6, 6.07) is 0. The normalized spacial score (nSPS) is 44.6. The molecule has 1 N–H and O–H groups in total. The topological polar surface area (TPSA) is 37.3 Å². The molecule has 0 amide bonds. The number of hydrogen-bond acceptors (Lipinski definition) is 2. The largest absolute Gasteiger partial charge is 0.389 e. The first-order chi connectivity index (χ1) is 10.7. The Bertz CT molecular complexity index is 674. The van der Waals surface area contributed by atoms with Crippen LogP contribution in [0.2, 0.25) is 0 Å². The lowest BCUT2D eigenvalue weighted by atomic mass is 9.57. The minimum Gasteiger partial charge on any atom is -0.389 e. The predicted octanol–water partition coefficient (Wildman–Crippen LogP) is 4.36. The Labute approximate surface area is 139 Å². The van der Waals surface area contributed by atoms with Crippen LogP contribution in [0.1, 0.15) is 59.8 Å². The van der Waals surface area contributed by atoms with Gasteiger partial charge in [-0.05, 0) is 73.7 Å². The fourth-order valence-electron chi connectivity index (χ4n) is 5.52. The molecular weight excluding hydrogens is 284 g/mol. The molecule has 4 rings (SSSR count). The minimum atomic E-state index is -0.595. The molecule has 1 fully saturated rings. The van der Waals surface area contributed by atoms with Gasteiger partial charge in [0, 0.05) is 10.8 Å².